The second-order valence-corrected chi connectivity index (χ2v) is 11.7. The number of urea groups is 1. The SMILES string of the molecule is COc1ccc(C2c3cccn3-c3ccccc3CN2C(=O)NC23CC4CC(CC(C4)C2)C3)cc1OC. The average molecular weight is 498 g/mol. The summed E-state index contributed by atoms with van der Waals surface area (Å²) in [6, 6.07) is 18.4. The van der Waals surface area contributed by atoms with Gasteiger partial charge in [0.25, 0.3) is 0 Å². The van der Waals surface area contributed by atoms with Crippen molar-refractivity contribution in [3.05, 3.63) is 77.6 Å². The molecule has 6 nitrogen and oxygen atoms in total. The third kappa shape index (κ3) is 3.72. The van der Waals surface area contributed by atoms with Gasteiger partial charge < -0.3 is 24.3 Å². The summed E-state index contributed by atoms with van der Waals surface area (Å²) in [6.07, 6.45) is 9.56. The van der Waals surface area contributed by atoms with Gasteiger partial charge in [0.15, 0.2) is 11.5 Å². The summed E-state index contributed by atoms with van der Waals surface area (Å²) < 4.78 is 13.4. The Balaban J connectivity index is 1.32. The molecule has 8 rings (SSSR count). The van der Waals surface area contributed by atoms with Gasteiger partial charge in [-0.2, -0.15) is 0 Å². The summed E-state index contributed by atoms with van der Waals surface area (Å²) in [4.78, 5) is 16.4. The van der Waals surface area contributed by atoms with Crippen LogP contribution in [0.2, 0.25) is 0 Å². The number of nitrogens with zero attached hydrogens (tertiary/aromatic N) is 2. The number of benzene rings is 2. The second-order valence-electron chi connectivity index (χ2n) is 11.7. The number of hydrogen-bond acceptors (Lipinski definition) is 3. The number of carbonyl (C=O) groups excluding carboxylic acids is 1. The maximum absolute atomic E-state index is 14.4. The van der Waals surface area contributed by atoms with E-state index < -0.39 is 0 Å². The van der Waals surface area contributed by atoms with Gasteiger partial charge in [0, 0.05) is 17.4 Å². The molecule has 0 spiro atoms. The van der Waals surface area contributed by atoms with Crippen molar-refractivity contribution in [1.82, 2.24) is 14.8 Å². The van der Waals surface area contributed by atoms with E-state index in [2.05, 4.69) is 58.5 Å². The summed E-state index contributed by atoms with van der Waals surface area (Å²) >= 11 is 0. The molecule has 1 unspecified atom stereocenters. The molecule has 4 bridgehead atoms. The fourth-order valence-corrected chi connectivity index (χ4v) is 8.28. The normalized spacial score (nSPS) is 29.3. The second kappa shape index (κ2) is 8.57. The van der Waals surface area contributed by atoms with Crippen molar-refractivity contribution in [3.8, 4) is 17.2 Å². The molecule has 0 radical (unpaired) electrons. The van der Waals surface area contributed by atoms with E-state index in [-0.39, 0.29) is 17.6 Å². The van der Waals surface area contributed by atoms with E-state index in [9.17, 15) is 4.79 Å². The van der Waals surface area contributed by atoms with E-state index in [4.69, 9.17) is 9.47 Å². The molecular weight excluding hydrogens is 462 g/mol. The fraction of sp³-hybridized carbons (Fsp3) is 0.452. The van der Waals surface area contributed by atoms with Crippen molar-refractivity contribution < 1.29 is 14.3 Å². The van der Waals surface area contributed by atoms with E-state index in [1.165, 1.54) is 19.3 Å². The van der Waals surface area contributed by atoms with Crippen LogP contribution in [0.5, 0.6) is 11.5 Å². The molecule has 2 amide bonds. The number of amides is 2. The number of carbonyl (C=O) groups is 1. The van der Waals surface area contributed by atoms with Crippen molar-refractivity contribution >= 4 is 6.03 Å². The fourth-order valence-electron chi connectivity index (χ4n) is 8.28. The minimum Gasteiger partial charge on any atom is -0.493 e. The number of fused-ring (bicyclic) bond motifs is 3. The molecule has 0 saturated heterocycles. The Morgan fingerprint density at radius 3 is 2.30 bits per heavy atom. The van der Waals surface area contributed by atoms with Gasteiger partial charge in [-0.15, -0.1) is 0 Å². The summed E-state index contributed by atoms with van der Waals surface area (Å²) in [5, 5.41) is 3.65. The first-order chi connectivity index (χ1) is 18.1. The average Bonchev–Trinajstić information content (AvgIpc) is 3.31. The highest BCUT2D eigenvalue weighted by Crippen LogP contribution is 2.55. The number of ether oxygens (including phenoxy) is 2. The Bertz CT molecular complexity index is 1310. The lowest BCUT2D eigenvalue weighted by molar-refractivity contribution is -0.0163. The Labute approximate surface area is 218 Å². The molecule has 6 heteroatoms. The third-order valence-electron chi connectivity index (χ3n) is 9.36. The third-order valence-corrected chi connectivity index (χ3v) is 9.36. The van der Waals surface area contributed by atoms with Crippen molar-refractivity contribution in [2.45, 2.75) is 56.7 Å². The molecule has 5 aliphatic rings. The lowest BCUT2D eigenvalue weighted by atomic mass is 9.53. The Kier molecular flexibility index (Phi) is 5.27. The molecule has 2 aromatic carbocycles. The zero-order chi connectivity index (χ0) is 25.1. The van der Waals surface area contributed by atoms with Crippen molar-refractivity contribution in [2.75, 3.05) is 14.2 Å². The smallest absolute Gasteiger partial charge is 0.318 e. The molecule has 1 aromatic heterocycles. The van der Waals surface area contributed by atoms with Gasteiger partial charge in [0.1, 0.15) is 0 Å². The van der Waals surface area contributed by atoms with Crippen LogP contribution < -0.4 is 14.8 Å². The van der Waals surface area contributed by atoms with Crippen LogP contribution in [-0.4, -0.2) is 35.3 Å². The topological polar surface area (TPSA) is 55.7 Å². The first-order valence-electron chi connectivity index (χ1n) is 13.6. The Hall–Kier alpha value is -3.41. The first kappa shape index (κ1) is 22.8. The van der Waals surface area contributed by atoms with Crippen LogP contribution in [0, 0.1) is 17.8 Å². The minimum absolute atomic E-state index is 0.0335. The number of aromatic nitrogens is 1. The van der Waals surface area contributed by atoms with Gasteiger partial charge in [-0.05, 0) is 97.7 Å². The number of nitrogens with one attached hydrogen (secondary N) is 1. The van der Waals surface area contributed by atoms with Crippen LogP contribution in [0.15, 0.2) is 60.8 Å². The predicted molar refractivity (Wildman–Crippen MR) is 142 cm³/mol. The largest absolute Gasteiger partial charge is 0.493 e. The van der Waals surface area contributed by atoms with Crippen molar-refractivity contribution in [2.24, 2.45) is 17.8 Å². The summed E-state index contributed by atoms with van der Waals surface area (Å²) in [5.41, 5.74) is 4.28. The maximum Gasteiger partial charge on any atom is 0.318 e. The quantitative estimate of drug-likeness (QED) is 0.475. The summed E-state index contributed by atoms with van der Waals surface area (Å²) in [7, 11) is 3.31. The van der Waals surface area contributed by atoms with E-state index in [0.29, 0.717) is 18.0 Å². The molecule has 4 fully saturated rings. The number of hydrogen-bond donors (Lipinski definition) is 1. The van der Waals surface area contributed by atoms with E-state index in [1.54, 1.807) is 14.2 Å². The monoisotopic (exact) mass is 497 g/mol. The standard InChI is InChI=1S/C31H35N3O3/c1-36-27-10-9-23(15-28(27)37-2)29-26-8-5-11-33(26)25-7-4-3-6-24(25)19-34(29)30(35)32-31-16-20-12-21(17-31)14-22(13-20)18-31/h3-11,15,20-22,29H,12-14,16-19H2,1-2H3,(H,32,35). The molecule has 37 heavy (non-hydrogen) atoms. The Morgan fingerprint density at radius 2 is 1.59 bits per heavy atom. The van der Waals surface area contributed by atoms with Gasteiger partial charge in [-0.1, -0.05) is 24.3 Å². The van der Waals surface area contributed by atoms with Crippen LogP contribution in [-0.2, 0) is 6.54 Å². The van der Waals surface area contributed by atoms with E-state index in [1.807, 2.05) is 17.0 Å². The van der Waals surface area contributed by atoms with E-state index in [0.717, 1.165) is 59.5 Å². The van der Waals surface area contributed by atoms with Crippen LogP contribution in [0.1, 0.15) is 61.4 Å². The zero-order valence-electron chi connectivity index (χ0n) is 21.7. The molecule has 192 valence electrons. The van der Waals surface area contributed by atoms with Crippen LogP contribution in [0.4, 0.5) is 4.79 Å². The molecule has 4 aliphatic carbocycles. The van der Waals surface area contributed by atoms with Crippen LogP contribution in [0.25, 0.3) is 5.69 Å². The van der Waals surface area contributed by atoms with Gasteiger partial charge in [0.05, 0.1) is 32.5 Å². The molecule has 1 N–H and O–H groups in total. The number of methoxy groups -OCH3 is 2. The zero-order valence-corrected chi connectivity index (χ0v) is 21.7. The van der Waals surface area contributed by atoms with Crippen molar-refractivity contribution in [1.29, 1.82) is 0 Å². The van der Waals surface area contributed by atoms with Crippen LogP contribution in [0.3, 0.4) is 0 Å². The predicted octanol–water partition coefficient (Wildman–Crippen LogP) is 6.08. The summed E-state index contributed by atoms with van der Waals surface area (Å²) in [6.45, 7) is 0.537. The van der Waals surface area contributed by atoms with Crippen LogP contribution >= 0.6 is 0 Å². The molecule has 4 saturated carbocycles. The van der Waals surface area contributed by atoms with Gasteiger partial charge >= 0.3 is 6.03 Å². The molecule has 2 heterocycles. The van der Waals surface area contributed by atoms with Gasteiger partial charge in [-0.3, -0.25) is 0 Å². The van der Waals surface area contributed by atoms with Crippen molar-refractivity contribution in [3.63, 3.8) is 0 Å². The lowest BCUT2D eigenvalue weighted by Gasteiger charge is -2.57. The Morgan fingerprint density at radius 1 is 0.892 bits per heavy atom. The molecule has 3 aromatic rings. The van der Waals surface area contributed by atoms with Gasteiger partial charge in [-0.25, -0.2) is 4.79 Å². The number of rotatable bonds is 4. The first-order valence-corrected chi connectivity index (χ1v) is 13.6. The highest BCUT2D eigenvalue weighted by Gasteiger charge is 2.52. The van der Waals surface area contributed by atoms with E-state index >= 15 is 0 Å². The maximum atomic E-state index is 14.4. The highest BCUT2D eigenvalue weighted by molar-refractivity contribution is 5.77. The van der Waals surface area contributed by atoms with Gasteiger partial charge in [0.2, 0.25) is 0 Å². The number of para-hydroxylation sites is 1. The molecule has 1 aliphatic heterocycles. The highest BCUT2D eigenvalue weighted by atomic mass is 16.5. The summed E-state index contributed by atoms with van der Waals surface area (Å²) in [5.74, 6) is 3.67. The minimum atomic E-state index is -0.267. The lowest BCUT2D eigenvalue weighted by Crippen LogP contribution is -2.62. The molecular formula is C31H35N3O3. The molecule has 1 atom stereocenters.